The predicted molar refractivity (Wildman–Crippen MR) is 114 cm³/mol. The van der Waals surface area contributed by atoms with E-state index in [9.17, 15) is 18.0 Å². The molecule has 0 unspecified atom stereocenters. The van der Waals surface area contributed by atoms with E-state index in [1.54, 1.807) is 0 Å². The summed E-state index contributed by atoms with van der Waals surface area (Å²) in [7, 11) is 0. The number of alkyl halides is 3. The standard InChI is InChI=1S/C19H23ClF3N5O2S/c1-12(2)10-28-17(27-6-8-30-9-7-27)25-26-18(28)31-11-15(29)24-16-13(19(21,22)23)4-3-5-14(16)20/h3-5,12H,6-11H2,1-2H3,(H,24,29). The van der Waals surface area contributed by atoms with Gasteiger partial charge in [0.2, 0.25) is 11.9 Å². The fourth-order valence-corrected chi connectivity index (χ4v) is 4.07. The summed E-state index contributed by atoms with van der Waals surface area (Å²) in [5.74, 6) is 0.254. The number of aromatic nitrogens is 3. The fourth-order valence-electron chi connectivity index (χ4n) is 3.10. The molecular formula is C19H23ClF3N5O2S. The van der Waals surface area contributed by atoms with Gasteiger partial charge in [-0.3, -0.25) is 9.36 Å². The lowest BCUT2D eigenvalue weighted by Crippen LogP contribution is -2.38. The van der Waals surface area contributed by atoms with Crippen LogP contribution in [0.3, 0.4) is 0 Å². The molecule has 1 aliphatic heterocycles. The zero-order valence-corrected chi connectivity index (χ0v) is 18.6. The topological polar surface area (TPSA) is 72.3 Å². The third-order valence-corrected chi connectivity index (χ3v) is 5.74. The number of carbonyl (C=O) groups excluding carboxylic acids is 1. The summed E-state index contributed by atoms with van der Waals surface area (Å²) in [6, 6.07) is 3.37. The van der Waals surface area contributed by atoms with Crippen LogP contribution in [0.1, 0.15) is 19.4 Å². The van der Waals surface area contributed by atoms with Crippen molar-refractivity contribution in [3.05, 3.63) is 28.8 Å². The lowest BCUT2D eigenvalue weighted by Gasteiger charge is -2.28. The van der Waals surface area contributed by atoms with Crippen molar-refractivity contribution in [3.63, 3.8) is 0 Å². The molecule has 1 N–H and O–H groups in total. The van der Waals surface area contributed by atoms with Gasteiger partial charge in [0, 0.05) is 19.6 Å². The Morgan fingerprint density at radius 2 is 2.00 bits per heavy atom. The third-order valence-electron chi connectivity index (χ3n) is 4.45. The van der Waals surface area contributed by atoms with Gasteiger partial charge in [0.25, 0.3) is 0 Å². The number of rotatable bonds is 7. The lowest BCUT2D eigenvalue weighted by atomic mass is 10.1. The molecule has 1 amide bonds. The summed E-state index contributed by atoms with van der Waals surface area (Å²) in [4.78, 5) is 14.5. The molecule has 7 nitrogen and oxygen atoms in total. The molecule has 0 radical (unpaired) electrons. The van der Waals surface area contributed by atoms with E-state index in [2.05, 4.69) is 34.3 Å². The monoisotopic (exact) mass is 477 g/mol. The normalized spacial score (nSPS) is 14.9. The second-order valence-corrected chi connectivity index (χ2v) is 8.73. The zero-order valence-electron chi connectivity index (χ0n) is 17.1. The highest BCUT2D eigenvalue weighted by Crippen LogP contribution is 2.38. The van der Waals surface area contributed by atoms with Crippen LogP contribution in [-0.2, 0) is 22.3 Å². The summed E-state index contributed by atoms with van der Waals surface area (Å²) in [6.07, 6.45) is -4.63. The first kappa shape index (κ1) is 23.7. The molecule has 1 saturated heterocycles. The minimum atomic E-state index is -4.63. The average molecular weight is 478 g/mol. The second-order valence-electron chi connectivity index (χ2n) is 7.38. The molecule has 0 atom stereocenters. The first-order chi connectivity index (χ1) is 14.7. The highest BCUT2D eigenvalue weighted by molar-refractivity contribution is 7.99. The second kappa shape index (κ2) is 10.1. The van der Waals surface area contributed by atoms with Gasteiger partial charge in [-0.1, -0.05) is 43.3 Å². The van der Waals surface area contributed by atoms with E-state index in [1.165, 1.54) is 12.1 Å². The number of carbonyl (C=O) groups is 1. The quantitative estimate of drug-likeness (QED) is 0.603. The average Bonchev–Trinajstić information content (AvgIpc) is 3.09. The van der Waals surface area contributed by atoms with E-state index in [1.807, 2.05) is 4.57 Å². The number of anilines is 2. The molecule has 31 heavy (non-hydrogen) atoms. The van der Waals surface area contributed by atoms with E-state index in [4.69, 9.17) is 16.3 Å². The van der Waals surface area contributed by atoms with Crippen molar-refractivity contribution in [2.45, 2.75) is 31.7 Å². The van der Waals surface area contributed by atoms with Crippen LogP contribution >= 0.6 is 23.4 Å². The molecule has 0 spiro atoms. The van der Waals surface area contributed by atoms with E-state index in [0.717, 1.165) is 17.8 Å². The number of ether oxygens (including phenoxy) is 1. The van der Waals surface area contributed by atoms with Gasteiger partial charge in [0.05, 0.1) is 35.2 Å². The molecule has 0 bridgehead atoms. The zero-order chi connectivity index (χ0) is 22.6. The van der Waals surface area contributed by atoms with E-state index in [0.29, 0.717) is 49.9 Å². The summed E-state index contributed by atoms with van der Waals surface area (Å²) in [6.45, 7) is 7.33. The number of benzene rings is 1. The van der Waals surface area contributed by atoms with Crippen LogP contribution in [0, 0.1) is 5.92 Å². The largest absolute Gasteiger partial charge is 0.418 e. The van der Waals surface area contributed by atoms with Gasteiger partial charge < -0.3 is 15.0 Å². The first-order valence-corrected chi connectivity index (χ1v) is 11.1. The Morgan fingerprint density at radius 1 is 1.29 bits per heavy atom. The van der Waals surface area contributed by atoms with Crippen LogP contribution in [0.4, 0.5) is 24.8 Å². The molecule has 12 heteroatoms. The number of amides is 1. The Hall–Kier alpha value is -1.98. The number of halogens is 4. The van der Waals surface area contributed by atoms with E-state index in [-0.39, 0.29) is 10.8 Å². The van der Waals surface area contributed by atoms with Crippen LogP contribution in [0.25, 0.3) is 0 Å². The maximum atomic E-state index is 13.2. The number of nitrogens with zero attached hydrogens (tertiary/aromatic N) is 4. The van der Waals surface area contributed by atoms with Gasteiger partial charge in [0.1, 0.15) is 0 Å². The van der Waals surface area contributed by atoms with Gasteiger partial charge in [-0.25, -0.2) is 0 Å². The first-order valence-electron chi connectivity index (χ1n) is 9.71. The number of para-hydroxylation sites is 1. The Kier molecular flexibility index (Phi) is 7.71. The molecule has 1 aromatic heterocycles. The highest BCUT2D eigenvalue weighted by Gasteiger charge is 2.34. The number of hydrogen-bond donors (Lipinski definition) is 1. The minimum absolute atomic E-state index is 0.137. The van der Waals surface area contributed by atoms with Gasteiger partial charge in [0.15, 0.2) is 5.16 Å². The van der Waals surface area contributed by atoms with Gasteiger partial charge in [-0.2, -0.15) is 13.2 Å². The van der Waals surface area contributed by atoms with Gasteiger partial charge >= 0.3 is 6.18 Å². The van der Waals surface area contributed by atoms with Crippen molar-refractivity contribution in [3.8, 4) is 0 Å². The lowest BCUT2D eigenvalue weighted by molar-refractivity contribution is -0.137. The summed E-state index contributed by atoms with van der Waals surface area (Å²) >= 11 is 7.02. The molecule has 2 heterocycles. The van der Waals surface area contributed by atoms with Gasteiger partial charge in [-0.15, -0.1) is 10.2 Å². The Balaban J connectivity index is 1.73. The van der Waals surface area contributed by atoms with E-state index >= 15 is 0 Å². The molecule has 1 fully saturated rings. The van der Waals surface area contributed by atoms with Crippen LogP contribution in [0.2, 0.25) is 5.02 Å². The van der Waals surface area contributed by atoms with Crippen LogP contribution in [0.15, 0.2) is 23.4 Å². The molecule has 1 aliphatic rings. The maximum Gasteiger partial charge on any atom is 0.418 e. The number of hydrogen-bond acceptors (Lipinski definition) is 6. The van der Waals surface area contributed by atoms with Gasteiger partial charge in [-0.05, 0) is 18.1 Å². The van der Waals surface area contributed by atoms with Crippen molar-refractivity contribution in [1.29, 1.82) is 0 Å². The maximum absolute atomic E-state index is 13.2. The molecule has 170 valence electrons. The molecule has 0 saturated carbocycles. The molecule has 0 aliphatic carbocycles. The summed E-state index contributed by atoms with van der Waals surface area (Å²) in [5, 5.41) is 11.1. The summed E-state index contributed by atoms with van der Waals surface area (Å²) in [5.41, 5.74) is -1.43. The van der Waals surface area contributed by atoms with Crippen LogP contribution in [0.5, 0.6) is 0 Å². The number of thioether (sulfide) groups is 1. The highest BCUT2D eigenvalue weighted by atomic mass is 35.5. The molecule has 2 aromatic rings. The van der Waals surface area contributed by atoms with Crippen LogP contribution < -0.4 is 10.2 Å². The molecular weight excluding hydrogens is 455 g/mol. The van der Waals surface area contributed by atoms with Crippen molar-refractivity contribution in [1.82, 2.24) is 14.8 Å². The minimum Gasteiger partial charge on any atom is -0.378 e. The van der Waals surface area contributed by atoms with Crippen LogP contribution in [-0.4, -0.2) is 52.7 Å². The number of morpholine rings is 1. The van der Waals surface area contributed by atoms with Crippen molar-refractivity contribution >= 4 is 40.9 Å². The SMILES string of the molecule is CC(C)Cn1c(SCC(=O)Nc2c(Cl)cccc2C(F)(F)F)nnc1N1CCOCC1. The molecule has 1 aromatic carbocycles. The van der Waals surface area contributed by atoms with Crippen molar-refractivity contribution < 1.29 is 22.7 Å². The van der Waals surface area contributed by atoms with Crippen molar-refractivity contribution in [2.75, 3.05) is 42.3 Å². The Morgan fingerprint density at radius 3 is 2.65 bits per heavy atom. The number of nitrogens with one attached hydrogen (secondary N) is 1. The Labute approximate surface area is 187 Å². The predicted octanol–water partition coefficient (Wildman–Crippen LogP) is 4.17. The van der Waals surface area contributed by atoms with E-state index < -0.39 is 23.3 Å². The Bertz CT molecular complexity index is 916. The molecule has 3 rings (SSSR count). The summed E-state index contributed by atoms with van der Waals surface area (Å²) < 4.78 is 47.0. The fraction of sp³-hybridized carbons (Fsp3) is 0.526. The third kappa shape index (κ3) is 6.05. The smallest absolute Gasteiger partial charge is 0.378 e. The van der Waals surface area contributed by atoms with Crippen molar-refractivity contribution in [2.24, 2.45) is 5.92 Å².